The van der Waals surface area contributed by atoms with E-state index in [1.54, 1.807) is 12.5 Å². The molecule has 0 N–H and O–H groups in total. The number of methoxy groups -OCH3 is 1. The minimum atomic E-state index is -0.413. The van der Waals surface area contributed by atoms with Gasteiger partial charge in [0.1, 0.15) is 0 Å². The number of esters is 1. The Labute approximate surface area is 99.9 Å². The first kappa shape index (κ1) is 11.4. The normalized spacial score (nSPS) is 12.1. The van der Waals surface area contributed by atoms with Gasteiger partial charge in [-0.05, 0) is 12.5 Å². The number of nitrogens with zero attached hydrogens (tertiary/aromatic N) is 2. The van der Waals surface area contributed by atoms with Gasteiger partial charge >= 0.3 is 5.97 Å². The molecule has 0 aliphatic rings. The molecule has 88 valence electrons. The molecule has 1 aromatic heterocycles. The van der Waals surface area contributed by atoms with E-state index in [1.165, 1.54) is 12.7 Å². The number of hydrogen-bond acceptors (Lipinski definition) is 3. The molecule has 0 amide bonds. The van der Waals surface area contributed by atoms with E-state index in [4.69, 9.17) is 0 Å². The molecule has 0 unspecified atom stereocenters. The standard InChI is InChI=1S/C13H14N2O2/c1-10(11-6-4-3-5-7-11)15-8-12(14-9-15)13(16)17-2/h3-10H,1-2H3/t10-/m0/s1/i2-1. The van der Waals surface area contributed by atoms with Gasteiger partial charge in [0, 0.05) is 6.20 Å². The number of carbonyl (C=O) groups is 1. The van der Waals surface area contributed by atoms with E-state index in [2.05, 4.69) is 16.6 Å². The third-order valence-corrected chi connectivity index (χ3v) is 2.73. The predicted molar refractivity (Wildman–Crippen MR) is 63.8 cm³/mol. The fourth-order valence-electron chi connectivity index (χ4n) is 1.66. The highest BCUT2D eigenvalue weighted by Gasteiger charge is 2.12. The first-order chi connectivity index (χ1) is 8.22. The fraction of sp³-hybridized carbons (Fsp3) is 0.231. The number of rotatable bonds is 3. The second-order valence-electron chi connectivity index (χ2n) is 3.78. The molecular weight excluding hydrogens is 215 g/mol. The summed E-state index contributed by atoms with van der Waals surface area (Å²) in [4.78, 5) is 15.3. The van der Waals surface area contributed by atoms with Crippen LogP contribution in [0.2, 0.25) is 0 Å². The van der Waals surface area contributed by atoms with E-state index in [0.717, 1.165) is 0 Å². The summed E-state index contributed by atoms with van der Waals surface area (Å²) in [7, 11) is 1.35. The van der Waals surface area contributed by atoms with Gasteiger partial charge in [-0.1, -0.05) is 30.3 Å². The molecule has 1 aromatic carbocycles. The van der Waals surface area contributed by atoms with Gasteiger partial charge in [0.25, 0.3) is 0 Å². The van der Waals surface area contributed by atoms with Crippen molar-refractivity contribution in [2.75, 3.05) is 7.11 Å². The van der Waals surface area contributed by atoms with Crippen molar-refractivity contribution in [2.24, 2.45) is 0 Å². The minimum absolute atomic E-state index is 0.141. The summed E-state index contributed by atoms with van der Waals surface area (Å²) in [5, 5.41) is 0. The highest BCUT2D eigenvalue weighted by molar-refractivity contribution is 5.86. The Balaban J connectivity index is 2.23. The summed E-state index contributed by atoms with van der Waals surface area (Å²) >= 11 is 0. The quantitative estimate of drug-likeness (QED) is 0.758. The van der Waals surface area contributed by atoms with Crippen LogP contribution < -0.4 is 0 Å². The van der Waals surface area contributed by atoms with E-state index < -0.39 is 5.97 Å². The molecule has 0 radical (unpaired) electrons. The predicted octanol–water partition coefficient (Wildman–Crippen LogP) is 2.28. The highest BCUT2D eigenvalue weighted by atomic mass is 16.5. The van der Waals surface area contributed by atoms with Crippen LogP contribution in [0.1, 0.15) is 29.0 Å². The lowest BCUT2D eigenvalue weighted by Gasteiger charge is -2.12. The molecule has 1 atom stereocenters. The van der Waals surface area contributed by atoms with Gasteiger partial charge in [0.2, 0.25) is 0 Å². The Morgan fingerprint density at radius 3 is 2.71 bits per heavy atom. The molecule has 0 saturated heterocycles. The van der Waals surface area contributed by atoms with Crippen molar-refractivity contribution in [3.63, 3.8) is 0 Å². The zero-order valence-corrected chi connectivity index (χ0v) is 9.83. The maximum absolute atomic E-state index is 11.3. The van der Waals surface area contributed by atoms with Gasteiger partial charge in [-0.3, -0.25) is 0 Å². The maximum Gasteiger partial charge on any atom is 0.358 e. The summed E-state index contributed by atoms with van der Waals surface area (Å²) < 4.78 is 6.51. The molecule has 0 aliphatic heterocycles. The van der Waals surface area contributed by atoms with Crippen molar-refractivity contribution in [2.45, 2.75) is 13.0 Å². The van der Waals surface area contributed by atoms with Crippen molar-refractivity contribution >= 4 is 5.97 Å². The molecule has 0 spiro atoms. The van der Waals surface area contributed by atoms with Crippen LogP contribution in [-0.2, 0) is 4.74 Å². The van der Waals surface area contributed by atoms with Crippen molar-refractivity contribution in [3.05, 3.63) is 54.1 Å². The SMILES string of the molecule is C[C@@H](c1ccccc1)n1cnc(C(=O)O[11CH3])c1. The van der Waals surface area contributed by atoms with Crippen LogP contribution in [0.4, 0.5) is 0 Å². The summed E-state index contributed by atoms with van der Waals surface area (Å²) in [6, 6.07) is 10.2. The summed E-state index contributed by atoms with van der Waals surface area (Å²) in [5.41, 5.74) is 1.50. The van der Waals surface area contributed by atoms with Crippen molar-refractivity contribution in [1.82, 2.24) is 9.55 Å². The lowest BCUT2D eigenvalue weighted by Crippen LogP contribution is -2.05. The van der Waals surface area contributed by atoms with Gasteiger partial charge in [-0.2, -0.15) is 0 Å². The summed E-state index contributed by atoms with van der Waals surface area (Å²) in [6.45, 7) is 2.05. The van der Waals surface area contributed by atoms with Crippen LogP contribution >= 0.6 is 0 Å². The van der Waals surface area contributed by atoms with E-state index in [0.29, 0.717) is 5.69 Å². The van der Waals surface area contributed by atoms with Gasteiger partial charge in [-0.15, -0.1) is 0 Å². The lowest BCUT2D eigenvalue weighted by molar-refractivity contribution is 0.0594. The average molecular weight is 229 g/mol. The molecule has 0 fully saturated rings. The lowest BCUT2D eigenvalue weighted by atomic mass is 10.1. The summed E-state index contributed by atoms with van der Waals surface area (Å²) in [5.74, 6) is -0.413. The zero-order chi connectivity index (χ0) is 12.3. The van der Waals surface area contributed by atoms with Crippen molar-refractivity contribution in [1.29, 1.82) is 0 Å². The molecule has 17 heavy (non-hydrogen) atoms. The van der Waals surface area contributed by atoms with Gasteiger partial charge < -0.3 is 9.30 Å². The Morgan fingerprint density at radius 2 is 2.06 bits per heavy atom. The third-order valence-electron chi connectivity index (χ3n) is 2.73. The fourth-order valence-corrected chi connectivity index (χ4v) is 1.66. The van der Waals surface area contributed by atoms with Crippen LogP contribution in [0.5, 0.6) is 0 Å². The Morgan fingerprint density at radius 1 is 1.35 bits per heavy atom. The number of benzene rings is 1. The molecule has 0 saturated carbocycles. The van der Waals surface area contributed by atoms with E-state index in [-0.39, 0.29) is 6.04 Å². The van der Waals surface area contributed by atoms with Gasteiger partial charge in [-0.25, -0.2) is 9.78 Å². The maximum atomic E-state index is 11.3. The van der Waals surface area contributed by atoms with Crippen LogP contribution in [0.25, 0.3) is 0 Å². The molecule has 2 rings (SSSR count). The first-order valence-electron chi connectivity index (χ1n) is 5.39. The van der Waals surface area contributed by atoms with Gasteiger partial charge in [0.05, 0.1) is 19.5 Å². The first-order valence-corrected chi connectivity index (χ1v) is 5.39. The van der Waals surface area contributed by atoms with Crippen LogP contribution in [0, 0.1) is 0 Å². The number of aromatic nitrogens is 2. The van der Waals surface area contributed by atoms with E-state index in [1.807, 2.05) is 34.9 Å². The van der Waals surface area contributed by atoms with Crippen LogP contribution in [0.3, 0.4) is 0 Å². The van der Waals surface area contributed by atoms with E-state index in [9.17, 15) is 4.79 Å². The number of imidazole rings is 1. The molecule has 4 heteroatoms. The van der Waals surface area contributed by atoms with Crippen LogP contribution in [0.15, 0.2) is 42.9 Å². The Hall–Kier alpha value is -2.10. The molecule has 2 aromatic rings. The minimum Gasteiger partial charge on any atom is -0.464 e. The van der Waals surface area contributed by atoms with Gasteiger partial charge in [0.15, 0.2) is 5.69 Å². The molecule has 4 nitrogen and oxygen atoms in total. The zero-order valence-electron chi connectivity index (χ0n) is 9.83. The summed E-state index contributed by atoms with van der Waals surface area (Å²) in [6.07, 6.45) is 3.34. The van der Waals surface area contributed by atoms with Crippen molar-refractivity contribution in [3.8, 4) is 0 Å². The van der Waals surface area contributed by atoms with Crippen molar-refractivity contribution < 1.29 is 9.53 Å². The number of ether oxygens (including phenoxy) is 1. The number of carbonyl (C=O) groups excluding carboxylic acids is 1. The Bertz CT molecular complexity index is 505. The third kappa shape index (κ3) is 2.36. The molecule has 0 aliphatic carbocycles. The molecule has 1 heterocycles. The second kappa shape index (κ2) is 4.82. The second-order valence-corrected chi connectivity index (χ2v) is 3.78. The topological polar surface area (TPSA) is 44.1 Å². The van der Waals surface area contributed by atoms with E-state index >= 15 is 0 Å². The monoisotopic (exact) mass is 229 g/mol. The highest BCUT2D eigenvalue weighted by Crippen LogP contribution is 2.17. The van der Waals surface area contributed by atoms with Crippen LogP contribution in [-0.4, -0.2) is 22.6 Å². The largest absolute Gasteiger partial charge is 0.464 e. The molecular formula is C13H14N2O2. The molecule has 0 bridgehead atoms. The smallest absolute Gasteiger partial charge is 0.358 e. The Kier molecular flexibility index (Phi) is 3.23. The average Bonchev–Trinajstić information content (AvgIpc) is 2.87. The number of hydrogen-bond donors (Lipinski definition) is 0.